The van der Waals surface area contributed by atoms with Crippen LogP contribution in [0.25, 0.3) is 0 Å². The Morgan fingerprint density at radius 1 is 1.19 bits per heavy atom. The summed E-state index contributed by atoms with van der Waals surface area (Å²) in [4.78, 5) is 15.3. The van der Waals surface area contributed by atoms with Crippen molar-refractivity contribution in [2.45, 2.75) is 26.7 Å². The summed E-state index contributed by atoms with van der Waals surface area (Å²) in [5, 5.41) is 6.49. The van der Waals surface area contributed by atoms with E-state index >= 15 is 0 Å². The van der Waals surface area contributed by atoms with Crippen LogP contribution in [0, 0.1) is 5.92 Å². The predicted molar refractivity (Wildman–Crippen MR) is 83.9 cm³/mol. The van der Waals surface area contributed by atoms with Crippen molar-refractivity contribution in [2.24, 2.45) is 5.92 Å². The van der Waals surface area contributed by atoms with Crippen LogP contribution in [0.2, 0.25) is 0 Å². The second-order valence-corrected chi connectivity index (χ2v) is 5.42. The molecule has 0 saturated carbocycles. The number of nitrogens with one attached hydrogen (secondary N) is 2. The van der Waals surface area contributed by atoms with Gasteiger partial charge in [-0.05, 0) is 39.3 Å². The molecule has 0 aromatic carbocycles. The van der Waals surface area contributed by atoms with Crippen LogP contribution >= 0.6 is 0 Å². The molecule has 1 aromatic rings. The second kappa shape index (κ2) is 7.97. The number of nitrogens with zero attached hydrogens (tertiary/aromatic N) is 4. The molecule has 21 heavy (non-hydrogen) atoms. The number of rotatable bonds is 8. The van der Waals surface area contributed by atoms with Crippen LogP contribution in [0.4, 0.5) is 11.9 Å². The molecule has 2 rings (SSSR count). The lowest BCUT2D eigenvalue weighted by Gasteiger charge is -2.13. The van der Waals surface area contributed by atoms with Gasteiger partial charge in [-0.2, -0.15) is 15.0 Å². The molecule has 0 aliphatic carbocycles. The molecule has 0 spiro atoms. The molecule has 0 radical (unpaired) electrons. The molecule has 1 aliphatic rings. The Labute approximate surface area is 126 Å². The molecule has 1 aliphatic heterocycles. The van der Waals surface area contributed by atoms with E-state index in [0.29, 0.717) is 30.4 Å². The van der Waals surface area contributed by atoms with Crippen LogP contribution in [0.15, 0.2) is 0 Å². The summed E-state index contributed by atoms with van der Waals surface area (Å²) in [7, 11) is 2.16. The third-order valence-electron chi connectivity index (χ3n) is 3.46. The molecule has 2 heterocycles. The summed E-state index contributed by atoms with van der Waals surface area (Å²) >= 11 is 0. The zero-order valence-corrected chi connectivity index (χ0v) is 13.2. The van der Waals surface area contributed by atoms with Gasteiger partial charge < -0.3 is 20.3 Å². The van der Waals surface area contributed by atoms with Crippen LogP contribution < -0.4 is 15.4 Å². The van der Waals surface area contributed by atoms with Gasteiger partial charge in [0.15, 0.2) is 0 Å². The summed E-state index contributed by atoms with van der Waals surface area (Å²) in [6, 6.07) is 0.372. The first-order valence-corrected chi connectivity index (χ1v) is 7.76. The Hall–Kier alpha value is -1.63. The summed E-state index contributed by atoms with van der Waals surface area (Å²) in [5.41, 5.74) is 0. The summed E-state index contributed by atoms with van der Waals surface area (Å²) in [5.74, 6) is 1.80. The van der Waals surface area contributed by atoms with Crippen molar-refractivity contribution in [3.8, 4) is 6.01 Å². The molecule has 1 aromatic heterocycles. The van der Waals surface area contributed by atoms with Crippen LogP contribution in [-0.2, 0) is 0 Å². The number of hydrogen-bond donors (Lipinski definition) is 2. The maximum Gasteiger partial charge on any atom is 0.323 e. The fourth-order valence-corrected chi connectivity index (χ4v) is 2.37. The number of likely N-dealkylation sites (tertiary alicyclic amines) is 1. The Balaban J connectivity index is 1.97. The monoisotopic (exact) mass is 294 g/mol. The van der Waals surface area contributed by atoms with Crippen LogP contribution in [-0.4, -0.2) is 59.7 Å². The van der Waals surface area contributed by atoms with E-state index in [-0.39, 0.29) is 0 Å². The van der Waals surface area contributed by atoms with E-state index < -0.39 is 0 Å². The van der Waals surface area contributed by atoms with E-state index in [0.717, 1.165) is 32.6 Å². The van der Waals surface area contributed by atoms with E-state index in [9.17, 15) is 0 Å². The van der Waals surface area contributed by atoms with Crippen molar-refractivity contribution >= 4 is 11.9 Å². The van der Waals surface area contributed by atoms with Crippen molar-refractivity contribution in [3.63, 3.8) is 0 Å². The first-order valence-electron chi connectivity index (χ1n) is 7.76. The minimum absolute atomic E-state index is 0.372. The topological polar surface area (TPSA) is 75.2 Å². The Bertz CT molecular complexity index is 441. The first-order chi connectivity index (χ1) is 10.2. The average molecular weight is 294 g/mol. The number of hydrogen-bond acceptors (Lipinski definition) is 7. The Morgan fingerprint density at radius 3 is 2.57 bits per heavy atom. The number of ether oxygens (including phenoxy) is 1. The van der Waals surface area contributed by atoms with Crippen molar-refractivity contribution < 1.29 is 4.74 Å². The lowest BCUT2D eigenvalue weighted by molar-refractivity contribution is 0.312. The molecular weight excluding hydrogens is 268 g/mol. The van der Waals surface area contributed by atoms with Gasteiger partial charge in [-0.1, -0.05) is 6.92 Å². The predicted octanol–water partition coefficient (Wildman–Crippen LogP) is 1.46. The van der Waals surface area contributed by atoms with Crippen molar-refractivity contribution in [1.82, 2.24) is 19.9 Å². The lowest BCUT2D eigenvalue weighted by Crippen LogP contribution is -2.20. The van der Waals surface area contributed by atoms with Gasteiger partial charge in [-0.15, -0.1) is 0 Å². The van der Waals surface area contributed by atoms with Crippen LogP contribution in [0.3, 0.4) is 0 Å². The molecule has 1 atom stereocenters. The minimum atomic E-state index is 0.372. The molecular formula is C14H26N6O. The lowest BCUT2D eigenvalue weighted by atomic mass is 10.1. The standard InChI is InChI=1S/C14H26N6O/c1-4-7-15-12-17-13(19-14(18-12)21-5-2)16-9-11-6-8-20(3)10-11/h11H,4-10H2,1-3H3,(H2,15,16,17,18,19). The molecule has 7 heteroatoms. The molecule has 7 nitrogen and oxygen atoms in total. The molecule has 118 valence electrons. The summed E-state index contributed by atoms with van der Waals surface area (Å²) in [6.07, 6.45) is 2.24. The van der Waals surface area contributed by atoms with E-state index in [1.54, 1.807) is 0 Å². The van der Waals surface area contributed by atoms with Crippen LogP contribution in [0.1, 0.15) is 26.7 Å². The molecule has 2 N–H and O–H groups in total. The van der Waals surface area contributed by atoms with Crippen LogP contribution in [0.5, 0.6) is 6.01 Å². The van der Waals surface area contributed by atoms with Crippen molar-refractivity contribution in [3.05, 3.63) is 0 Å². The van der Waals surface area contributed by atoms with Gasteiger partial charge in [0, 0.05) is 19.6 Å². The maximum absolute atomic E-state index is 5.41. The van der Waals surface area contributed by atoms with Gasteiger partial charge in [0.1, 0.15) is 0 Å². The highest BCUT2D eigenvalue weighted by molar-refractivity contribution is 5.35. The number of aromatic nitrogens is 3. The molecule has 1 saturated heterocycles. The second-order valence-electron chi connectivity index (χ2n) is 5.42. The molecule has 1 unspecified atom stereocenters. The highest BCUT2D eigenvalue weighted by Gasteiger charge is 2.19. The fourth-order valence-electron chi connectivity index (χ4n) is 2.37. The van der Waals surface area contributed by atoms with Crippen molar-refractivity contribution in [2.75, 3.05) is 50.5 Å². The quantitative estimate of drug-likeness (QED) is 0.751. The summed E-state index contributed by atoms with van der Waals surface area (Å²) < 4.78 is 5.41. The molecule has 0 amide bonds. The fraction of sp³-hybridized carbons (Fsp3) is 0.786. The highest BCUT2D eigenvalue weighted by Crippen LogP contribution is 2.16. The SMILES string of the molecule is CCCNc1nc(NCC2CCN(C)C2)nc(OCC)n1. The molecule has 0 bridgehead atoms. The van der Waals surface area contributed by atoms with E-state index in [2.05, 4.69) is 44.5 Å². The van der Waals surface area contributed by atoms with Crippen molar-refractivity contribution in [1.29, 1.82) is 0 Å². The third-order valence-corrected chi connectivity index (χ3v) is 3.46. The van der Waals surface area contributed by atoms with E-state index in [1.807, 2.05) is 6.92 Å². The normalized spacial score (nSPS) is 18.7. The maximum atomic E-state index is 5.41. The zero-order valence-electron chi connectivity index (χ0n) is 13.2. The first kappa shape index (κ1) is 15.8. The number of anilines is 2. The van der Waals surface area contributed by atoms with Gasteiger partial charge in [-0.25, -0.2) is 0 Å². The van der Waals surface area contributed by atoms with Gasteiger partial charge >= 0.3 is 6.01 Å². The Kier molecular flexibility index (Phi) is 5.98. The summed E-state index contributed by atoms with van der Waals surface area (Å²) in [6.45, 7) is 8.58. The highest BCUT2D eigenvalue weighted by atomic mass is 16.5. The van der Waals surface area contributed by atoms with Gasteiger partial charge in [-0.3, -0.25) is 0 Å². The minimum Gasteiger partial charge on any atom is -0.464 e. The van der Waals surface area contributed by atoms with E-state index in [4.69, 9.17) is 4.74 Å². The smallest absolute Gasteiger partial charge is 0.323 e. The Morgan fingerprint density at radius 2 is 1.95 bits per heavy atom. The molecule has 1 fully saturated rings. The average Bonchev–Trinajstić information content (AvgIpc) is 2.89. The van der Waals surface area contributed by atoms with Gasteiger partial charge in [0.05, 0.1) is 6.61 Å². The largest absolute Gasteiger partial charge is 0.464 e. The van der Waals surface area contributed by atoms with Gasteiger partial charge in [0.2, 0.25) is 11.9 Å². The third kappa shape index (κ3) is 5.00. The van der Waals surface area contributed by atoms with E-state index in [1.165, 1.54) is 6.42 Å². The zero-order chi connectivity index (χ0) is 15.1. The van der Waals surface area contributed by atoms with Gasteiger partial charge in [0.25, 0.3) is 0 Å².